The molecule has 6 rings (SSSR count). The van der Waals surface area contributed by atoms with Gasteiger partial charge in [0.05, 0.1) is 23.7 Å². The summed E-state index contributed by atoms with van der Waals surface area (Å²) in [5.74, 6) is -0.576. The monoisotopic (exact) mass is 590 g/mol. The Morgan fingerprint density at radius 3 is 2.73 bits per heavy atom. The normalized spacial score (nSPS) is 23.6. The Kier molecular flexibility index (Phi) is 8.01. The van der Waals surface area contributed by atoms with Gasteiger partial charge in [-0.15, -0.1) is 11.8 Å². The summed E-state index contributed by atoms with van der Waals surface area (Å²) < 4.78 is 59.0. The van der Waals surface area contributed by atoms with Crippen LogP contribution < -0.4 is 10.6 Å². The van der Waals surface area contributed by atoms with E-state index in [9.17, 15) is 22.4 Å². The zero-order chi connectivity index (χ0) is 28.6. The molecule has 1 aromatic carbocycles. The Morgan fingerprint density at radius 1 is 1.10 bits per heavy atom. The average Bonchev–Trinajstić information content (AvgIpc) is 3.55. The minimum Gasteiger partial charge on any atom is -0.381 e. The molecule has 218 valence electrons. The number of amides is 1. The van der Waals surface area contributed by atoms with Crippen LogP contribution in [0.25, 0.3) is 10.9 Å². The third kappa shape index (κ3) is 6.26. The minimum atomic E-state index is -4.51. The SMILES string of the molecule is O=C(CNc1ncnc2ccc(C(F)(F)F)cc12)NC1CN(C2CCOCC2)C[C@@H]1SC1CCc2cc(F)ncc21. The molecular weight excluding hydrogens is 560 g/mol. The number of aromatic nitrogens is 3. The third-order valence-electron chi connectivity index (χ3n) is 8.08. The standard InChI is InChI=1S/C28H30F4N6O2S/c29-25-9-16-1-4-23(20(16)11-33-25)41-24-14-38(18-5-7-40-8-6-18)13-22(24)37-26(39)12-34-27-19-10-17(28(30,31)32)2-3-21(19)35-15-36-27/h2-3,9-11,15,18,22-24H,1,4-8,12-14H2,(H,37,39)(H,34,35,36)/t22?,23?,24-/m0/s1. The van der Waals surface area contributed by atoms with Gasteiger partial charge in [-0.2, -0.15) is 17.6 Å². The first-order valence-electron chi connectivity index (χ1n) is 13.7. The van der Waals surface area contributed by atoms with Gasteiger partial charge < -0.3 is 15.4 Å². The number of alkyl halides is 3. The number of nitrogens with one attached hydrogen (secondary N) is 2. The summed E-state index contributed by atoms with van der Waals surface area (Å²) >= 11 is 1.80. The number of pyridine rings is 1. The molecule has 3 aromatic rings. The summed E-state index contributed by atoms with van der Waals surface area (Å²) in [6.45, 7) is 2.79. The minimum absolute atomic E-state index is 0.108. The van der Waals surface area contributed by atoms with E-state index in [4.69, 9.17) is 4.74 Å². The number of ether oxygens (including phenoxy) is 1. The number of anilines is 1. The highest BCUT2D eigenvalue weighted by Crippen LogP contribution is 2.45. The first kappa shape index (κ1) is 28.1. The molecule has 2 unspecified atom stereocenters. The maximum Gasteiger partial charge on any atom is 0.416 e. The van der Waals surface area contributed by atoms with Gasteiger partial charge in [0.1, 0.15) is 12.1 Å². The highest BCUT2D eigenvalue weighted by atomic mass is 32.2. The van der Waals surface area contributed by atoms with E-state index < -0.39 is 17.7 Å². The molecule has 8 nitrogen and oxygen atoms in total. The molecule has 2 saturated heterocycles. The number of nitrogens with zero attached hydrogens (tertiary/aromatic N) is 4. The van der Waals surface area contributed by atoms with Crippen molar-refractivity contribution in [2.75, 3.05) is 38.2 Å². The molecule has 0 bridgehead atoms. The van der Waals surface area contributed by atoms with Crippen molar-refractivity contribution in [1.29, 1.82) is 0 Å². The molecule has 3 aliphatic rings. The lowest BCUT2D eigenvalue weighted by molar-refractivity contribution is -0.137. The summed E-state index contributed by atoms with van der Waals surface area (Å²) in [5.41, 5.74) is 1.59. The van der Waals surface area contributed by atoms with Crippen LogP contribution in [0.15, 0.2) is 36.8 Å². The Morgan fingerprint density at radius 2 is 1.93 bits per heavy atom. The van der Waals surface area contributed by atoms with Gasteiger partial charge in [0, 0.05) is 54.4 Å². The number of rotatable bonds is 7. The van der Waals surface area contributed by atoms with Crippen molar-refractivity contribution in [1.82, 2.24) is 25.2 Å². The van der Waals surface area contributed by atoms with E-state index in [0.29, 0.717) is 18.1 Å². The molecule has 3 atom stereocenters. The number of hydrogen-bond donors (Lipinski definition) is 2. The largest absolute Gasteiger partial charge is 0.416 e. The van der Waals surface area contributed by atoms with Crippen molar-refractivity contribution in [3.05, 3.63) is 59.4 Å². The second kappa shape index (κ2) is 11.7. The first-order valence-corrected chi connectivity index (χ1v) is 14.7. The number of hydrogen-bond acceptors (Lipinski definition) is 8. The highest BCUT2D eigenvalue weighted by Gasteiger charge is 2.40. The Labute approximate surface area is 238 Å². The second-order valence-corrected chi connectivity index (χ2v) is 12.1. The van der Waals surface area contributed by atoms with Gasteiger partial charge in [-0.05, 0) is 61.1 Å². The van der Waals surface area contributed by atoms with Crippen molar-refractivity contribution in [3.63, 3.8) is 0 Å². The van der Waals surface area contributed by atoms with Crippen LogP contribution in [0.2, 0.25) is 0 Å². The molecular formula is C28H30F4N6O2S. The maximum absolute atomic E-state index is 13.7. The van der Waals surface area contributed by atoms with Crippen LogP contribution >= 0.6 is 11.8 Å². The lowest BCUT2D eigenvalue weighted by Crippen LogP contribution is -2.45. The number of aryl methyl sites for hydroxylation is 1. The van der Waals surface area contributed by atoms with Crippen LogP contribution in [0.1, 0.15) is 41.2 Å². The number of halogens is 4. The molecule has 41 heavy (non-hydrogen) atoms. The molecule has 0 radical (unpaired) electrons. The lowest BCUT2D eigenvalue weighted by atomic mass is 10.1. The van der Waals surface area contributed by atoms with E-state index in [-0.39, 0.29) is 40.2 Å². The van der Waals surface area contributed by atoms with Crippen molar-refractivity contribution in [3.8, 4) is 0 Å². The Bertz CT molecular complexity index is 1420. The van der Waals surface area contributed by atoms with E-state index >= 15 is 0 Å². The van der Waals surface area contributed by atoms with Gasteiger partial charge in [0.25, 0.3) is 0 Å². The van der Waals surface area contributed by atoms with E-state index in [1.807, 2.05) is 0 Å². The smallest absolute Gasteiger partial charge is 0.381 e. The molecule has 2 aromatic heterocycles. The molecule has 2 N–H and O–H groups in total. The summed E-state index contributed by atoms with van der Waals surface area (Å²) in [7, 11) is 0. The van der Waals surface area contributed by atoms with Crippen molar-refractivity contribution < 1.29 is 27.1 Å². The summed E-state index contributed by atoms with van der Waals surface area (Å²) in [6, 6.07) is 5.02. The number of benzene rings is 1. The zero-order valence-corrected chi connectivity index (χ0v) is 23.0. The Hall–Kier alpha value is -3.03. The predicted octanol–water partition coefficient (Wildman–Crippen LogP) is 4.36. The first-order chi connectivity index (χ1) is 19.7. The summed E-state index contributed by atoms with van der Waals surface area (Å²) in [5, 5.41) is 6.55. The van der Waals surface area contributed by atoms with E-state index in [1.165, 1.54) is 18.5 Å². The molecule has 1 aliphatic carbocycles. The number of likely N-dealkylation sites (tertiary alicyclic amines) is 1. The number of thioether (sulfide) groups is 1. The molecule has 0 spiro atoms. The van der Waals surface area contributed by atoms with Gasteiger partial charge in [-0.3, -0.25) is 9.69 Å². The number of carbonyl (C=O) groups is 1. The highest BCUT2D eigenvalue weighted by molar-refractivity contribution is 8.00. The quantitative estimate of drug-likeness (QED) is 0.310. The second-order valence-electron chi connectivity index (χ2n) is 10.7. The van der Waals surface area contributed by atoms with Gasteiger partial charge >= 0.3 is 6.18 Å². The van der Waals surface area contributed by atoms with Crippen LogP contribution in [0.3, 0.4) is 0 Å². The average molecular weight is 591 g/mol. The maximum atomic E-state index is 13.7. The topological polar surface area (TPSA) is 92.3 Å². The number of carbonyl (C=O) groups excluding carboxylic acids is 1. The molecule has 0 saturated carbocycles. The van der Waals surface area contributed by atoms with E-state index in [1.54, 1.807) is 18.0 Å². The van der Waals surface area contributed by atoms with Gasteiger partial charge in [0.2, 0.25) is 11.9 Å². The molecule has 13 heteroatoms. The van der Waals surface area contributed by atoms with Gasteiger partial charge in [-0.1, -0.05) is 0 Å². The van der Waals surface area contributed by atoms with Crippen LogP contribution in [0.4, 0.5) is 23.4 Å². The fraction of sp³-hybridized carbons (Fsp3) is 0.500. The van der Waals surface area contributed by atoms with Crippen molar-refractivity contribution >= 4 is 34.4 Å². The van der Waals surface area contributed by atoms with E-state index in [2.05, 4.69) is 30.5 Å². The van der Waals surface area contributed by atoms with Crippen LogP contribution in [0.5, 0.6) is 0 Å². The van der Waals surface area contributed by atoms with Crippen LogP contribution in [-0.2, 0) is 22.1 Å². The predicted molar refractivity (Wildman–Crippen MR) is 147 cm³/mol. The molecule has 2 aliphatic heterocycles. The zero-order valence-electron chi connectivity index (χ0n) is 22.2. The van der Waals surface area contributed by atoms with Crippen LogP contribution in [-0.4, -0.2) is 75.9 Å². The third-order valence-corrected chi connectivity index (χ3v) is 9.73. The van der Waals surface area contributed by atoms with Gasteiger partial charge in [0.15, 0.2) is 0 Å². The fourth-order valence-electron chi connectivity index (χ4n) is 6.00. The molecule has 2 fully saturated rings. The summed E-state index contributed by atoms with van der Waals surface area (Å²) in [6.07, 6.45) is 1.95. The van der Waals surface area contributed by atoms with Crippen molar-refractivity contribution in [2.45, 2.75) is 54.4 Å². The Balaban J connectivity index is 1.15. The van der Waals surface area contributed by atoms with Gasteiger partial charge in [-0.25, -0.2) is 15.0 Å². The van der Waals surface area contributed by atoms with Crippen molar-refractivity contribution in [2.24, 2.45) is 0 Å². The lowest BCUT2D eigenvalue weighted by Gasteiger charge is -2.31. The fourth-order valence-corrected chi connectivity index (χ4v) is 7.66. The molecule has 4 heterocycles. The number of fused-ring (bicyclic) bond motifs is 2. The summed E-state index contributed by atoms with van der Waals surface area (Å²) in [4.78, 5) is 27.6. The van der Waals surface area contributed by atoms with E-state index in [0.717, 1.165) is 68.7 Å². The molecule has 1 amide bonds. The van der Waals surface area contributed by atoms with Crippen LogP contribution in [0, 0.1) is 5.95 Å².